The molecule has 9 nitrogen and oxygen atoms in total. The van der Waals surface area contributed by atoms with Crippen molar-refractivity contribution in [2.24, 2.45) is 0 Å². The molecule has 0 N–H and O–H groups in total. The summed E-state index contributed by atoms with van der Waals surface area (Å²) in [5.41, 5.74) is 2.16. The quantitative estimate of drug-likeness (QED) is 0.127. The minimum absolute atomic E-state index is 0.147. The third-order valence-electron chi connectivity index (χ3n) is 5.61. The predicted octanol–water partition coefficient (Wildman–Crippen LogP) is 5.81. The van der Waals surface area contributed by atoms with E-state index in [-0.39, 0.29) is 23.9 Å². The van der Waals surface area contributed by atoms with Gasteiger partial charge in [-0.15, -0.1) is 10.2 Å². The molecule has 4 rings (SSSR count). The van der Waals surface area contributed by atoms with Crippen molar-refractivity contribution in [3.63, 3.8) is 0 Å². The zero-order valence-corrected chi connectivity index (χ0v) is 22.0. The number of halogens is 1. The highest BCUT2D eigenvalue weighted by Crippen LogP contribution is 2.40. The van der Waals surface area contributed by atoms with Crippen LogP contribution in [0.5, 0.6) is 17.2 Å². The van der Waals surface area contributed by atoms with Crippen LogP contribution < -0.4 is 14.2 Å². The van der Waals surface area contributed by atoms with Crippen LogP contribution in [-0.2, 0) is 6.61 Å². The van der Waals surface area contributed by atoms with Gasteiger partial charge in [-0.1, -0.05) is 30.0 Å². The Labute approximate surface area is 223 Å². The number of benzene rings is 3. The number of aromatic nitrogens is 3. The number of hydrogen-bond acceptors (Lipinski definition) is 8. The standard InChI is InChI=1S/C27H27FN4O5S/c1-4-36-25-15-20(8-13-24(25)37-17-19-6-5-7-21(28)14-19)26(16-31(33)34)38-27-30-29-18(2)32(27)22-9-11-23(35-3)12-10-22/h5-15,26H,4,16-17H2,1-3H3/t26-/m1/s1. The molecule has 0 aliphatic heterocycles. The summed E-state index contributed by atoms with van der Waals surface area (Å²) in [5, 5.41) is 20.0. The summed E-state index contributed by atoms with van der Waals surface area (Å²) in [6.07, 6.45) is 0. The average Bonchev–Trinajstić information content (AvgIpc) is 3.27. The number of methoxy groups -OCH3 is 1. The number of aryl methyl sites for hydroxylation is 1. The van der Waals surface area contributed by atoms with Crippen LogP contribution in [0.15, 0.2) is 71.9 Å². The molecule has 11 heteroatoms. The first-order valence-electron chi connectivity index (χ1n) is 11.9. The van der Waals surface area contributed by atoms with Gasteiger partial charge in [0.1, 0.15) is 29.2 Å². The molecule has 4 aromatic rings. The lowest BCUT2D eigenvalue weighted by Gasteiger charge is -2.17. The molecule has 0 saturated carbocycles. The molecule has 1 aromatic heterocycles. The molecule has 198 valence electrons. The van der Waals surface area contributed by atoms with Crippen LogP contribution in [-0.4, -0.2) is 39.9 Å². The maximum absolute atomic E-state index is 13.5. The van der Waals surface area contributed by atoms with Gasteiger partial charge < -0.3 is 14.2 Å². The monoisotopic (exact) mass is 538 g/mol. The van der Waals surface area contributed by atoms with Crippen molar-refractivity contribution in [3.05, 3.63) is 99.6 Å². The lowest BCUT2D eigenvalue weighted by molar-refractivity contribution is -0.479. The molecule has 0 spiro atoms. The van der Waals surface area contributed by atoms with Crippen molar-refractivity contribution in [1.82, 2.24) is 14.8 Å². The number of nitro groups is 1. The van der Waals surface area contributed by atoms with Crippen molar-refractivity contribution in [3.8, 4) is 22.9 Å². The Balaban J connectivity index is 1.62. The normalized spacial score (nSPS) is 11.7. The smallest absolute Gasteiger partial charge is 0.220 e. The third kappa shape index (κ3) is 6.60. The molecule has 1 heterocycles. The molecule has 0 unspecified atom stereocenters. The van der Waals surface area contributed by atoms with Crippen molar-refractivity contribution in [2.45, 2.75) is 30.9 Å². The first kappa shape index (κ1) is 26.9. The highest BCUT2D eigenvalue weighted by molar-refractivity contribution is 7.99. The zero-order valence-electron chi connectivity index (χ0n) is 21.2. The summed E-state index contributed by atoms with van der Waals surface area (Å²) in [4.78, 5) is 11.3. The van der Waals surface area contributed by atoms with Gasteiger partial charge in [0, 0.05) is 10.6 Å². The second-order valence-corrected chi connectivity index (χ2v) is 9.41. The Hall–Kier alpha value is -4.12. The minimum atomic E-state index is -0.581. The van der Waals surface area contributed by atoms with Gasteiger partial charge in [-0.3, -0.25) is 14.7 Å². The Morgan fingerprint density at radius 2 is 1.84 bits per heavy atom. The van der Waals surface area contributed by atoms with Gasteiger partial charge in [-0.25, -0.2) is 4.39 Å². The zero-order chi connectivity index (χ0) is 27.1. The predicted molar refractivity (Wildman–Crippen MR) is 141 cm³/mol. The van der Waals surface area contributed by atoms with Crippen LogP contribution in [0.2, 0.25) is 0 Å². The number of rotatable bonds is 12. The highest BCUT2D eigenvalue weighted by atomic mass is 32.2. The second-order valence-electron chi connectivity index (χ2n) is 8.24. The fourth-order valence-corrected chi connectivity index (χ4v) is 4.99. The third-order valence-corrected chi connectivity index (χ3v) is 6.79. The van der Waals surface area contributed by atoms with Gasteiger partial charge in [-0.05, 0) is 73.5 Å². The van der Waals surface area contributed by atoms with E-state index < -0.39 is 5.25 Å². The van der Waals surface area contributed by atoms with Crippen molar-refractivity contribution in [2.75, 3.05) is 20.3 Å². The largest absolute Gasteiger partial charge is 0.497 e. The first-order chi connectivity index (χ1) is 18.4. The molecule has 0 bridgehead atoms. The van der Waals surface area contributed by atoms with Crippen LogP contribution in [0.25, 0.3) is 5.69 Å². The Kier molecular flexibility index (Phi) is 8.80. The van der Waals surface area contributed by atoms with Crippen LogP contribution in [0, 0.1) is 22.9 Å². The summed E-state index contributed by atoms with van der Waals surface area (Å²) < 4.78 is 32.3. The van der Waals surface area contributed by atoms with E-state index in [0.29, 0.717) is 46.0 Å². The molecular weight excluding hydrogens is 511 g/mol. The number of hydrogen-bond donors (Lipinski definition) is 0. The summed E-state index contributed by atoms with van der Waals surface area (Å²) in [6, 6.07) is 18.8. The molecule has 0 amide bonds. The molecule has 0 aliphatic rings. The van der Waals surface area contributed by atoms with E-state index in [1.807, 2.05) is 42.7 Å². The van der Waals surface area contributed by atoms with Crippen LogP contribution >= 0.6 is 11.8 Å². The van der Waals surface area contributed by atoms with Crippen molar-refractivity contribution < 1.29 is 23.5 Å². The van der Waals surface area contributed by atoms with E-state index in [1.54, 1.807) is 37.4 Å². The molecular formula is C27H27FN4O5S. The van der Waals surface area contributed by atoms with Crippen LogP contribution in [0.1, 0.15) is 29.1 Å². The van der Waals surface area contributed by atoms with Crippen molar-refractivity contribution in [1.29, 1.82) is 0 Å². The number of thioether (sulfide) groups is 1. The lowest BCUT2D eigenvalue weighted by atomic mass is 10.1. The molecule has 1 atom stereocenters. The van der Waals surface area contributed by atoms with E-state index in [9.17, 15) is 14.5 Å². The van der Waals surface area contributed by atoms with Crippen LogP contribution in [0.4, 0.5) is 4.39 Å². The molecule has 0 fully saturated rings. The van der Waals surface area contributed by atoms with E-state index in [0.717, 1.165) is 5.69 Å². The fraction of sp³-hybridized carbons (Fsp3) is 0.259. The molecule has 38 heavy (non-hydrogen) atoms. The van der Waals surface area contributed by atoms with Gasteiger partial charge in [-0.2, -0.15) is 0 Å². The average molecular weight is 539 g/mol. The highest BCUT2D eigenvalue weighted by Gasteiger charge is 2.25. The SMILES string of the molecule is CCOc1cc([C@@H](C[N+](=O)[O-])Sc2nnc(C)n2-c2ccc(OC)cc2)ccc1OCc1cccc(F)c1. The van der Waals surface area contributed by atoms with Gasteiger partial charge in [0.2, 0.25) is 6.54 Å². The second kappa shape index (κ2) is 12.4. The van der Waals surface area contributed by atoms with Gasteiger partial charge >= 0.3 is 0 Å². The summed E-state index contributed by atoms with van der Waals surface area (Å²) in [5.74, 6) is 1.92. The van der Waals surface area contributed by atoms with Gasteiger partial charge in [0.15, 0.2) is 16.7 Å². The summed E-state index contributed by atoms with van der Waals surface area (Å²) >= 11 is 1.25. The molecule has 0 saturated heterocycles. The topological polar surface area (TPSA) is 102 Å². The lowest BCUT2D eigenvalue weighted by Crippen LogP contribution is -2.11. The molecule has 3 aromatic carbocycles. The van der Waals surface area contributed by atoms with Gasteiger partial charge in [0.05, 0.1) is 13.7 Å². The Morgan fingerprint density at radius 3 is 2.53 bits per heavy atom. The molecule has 0 radical (unpaired) electrons. The van der Waals surface area contributed by atoms with E-state index in [1.165, 1.54) is 23.9 Å². The van der Waals surface area contributed by atoms with E-state index >= 15 is 0 Å². The van der Waals surface area contributed by atoms with E-state index in [4.69, 9.17) is 14.2 Å². The first-order valence-corrected chi connectivity index (χ1v) is 12.7. The Morgan fingerprint density at radius 1 is 1.05 bits per heavy atom. The van der Waals surface area contributed by atoms with Crippen LogP contribution in [0.3, 0.4) is 0 Å². The number of nitrogens with zero attached hydrogens (tertiary/aromatic N) is 4. The fourth-order valence-electron chi connectivity index (χ4n) is 3.82. The maximum Gasteiger partial charge on any atom is 0.220 e. The Bertz CT molecular complexity index is 1400. The van der Waals surface area contributed by atoms with Crippen molar-refractivity contribution >= 4 is 11.8 Å². The number of ether oxygens (including phenoxy) is 3. The molecule has 0 aliphatic carbocycles. The minimum Gasteiger partial charge on any atom is -0.497 e. The van der Waals surface area contributed by atoms with Gasteiger partial charge in [0.25, 0.3) is 0 Å². The summed E-state index contributed by atoms with van der Waals surface area (Å²) in [6.45, 7) is 3.84. The maximum atomic E-state index is 13.5. The summed E-state index contributed by atoms with van der Waals surface area (Å²) in [7, 11) is 1.59. The van der Waals surface area contributed by atoms with E-state index in [2.05, 4.69) is 10.2 Å².